The van der Waals surface area contributed by atoms with Crippen LogP contribution in [0, 0.1) is 0 Å². The van der Waals surface area contributed by atoms with E-state index in [4.69, 9.17) is 17.3 Å². The molecule has 0 aliphatic carbocycles. The van der Waals surface area contributed by atoms with Crippen molar-refractivity contribution in [1.82, 2.24) is 19.8 Å². The number of nitrogens with zero attached hydrogens (tertiary/aromatic N) is 2. The van der Waals surface area contributed by atoms with Gasteiger partial charge in [-0.2, -0.15) is 0 Å². The van der Waals surface area contributed by atoms with Crippen LogP contribution < -0.4 is 15.8 Å². The number of amides is 3. The molecule has 0 bridgehead atoms. The van der Waals surface area contributed by atoms with E-state index in [9.17, 15) is 27.9 Å². The second kappa shape index (κ2) is 14.4. The van der Waals surface area contributed by atoms with Gasteiger partial charge in [0, 0.05) is 31.2 Å². The number of carbonyl (C=O) groups excluding carboxylic acids is 3. The Morgan fingerprint density at radius 3 is 2.45 bits per heavy atom. The van der Waals surface area contributed by atoms with Crippen molar-refractivity contribution in [2.75, 3.05) is 19.7 Å². The van der Waals surface area contributed by atoms with Gasteiger partial charge < -0.3 is 26.0 Å². The number of sulfonamides is 1. The molecule has 2 aliphatic heterocycles. The molecule has 0 aromatic heterocycles. The fourth-order valence-electron chi connectivity index (χ4n) is 5.64. The zero-order valence-corrected chi connectivity index (χ0v) is 24.9. The Balaban J connectivity index is 1.51. The van der Waals surface area contributed by atoms with E-state index >= 15 is 0 Å². The number of likely N-dealkylation sites (tertiary alicyclic amines) is 2. The summed E-state index contributed by atoms with van der Waals surface area (Å²) in [6.07, 6.45) is 1.87. The smallest absolute Gasteiger partial charge is 0.243 e. The molecule has 3 atom stereocenters. The molecule has 4 rings (SSSR count). The highest BCUT2D eigenvalue weighted by atomic mass is 35.5. The predicted molar refractivity (Wildman–Crippen MR) is 158 cm³/mol. The molecule has 2 heterocycles. The van der Waals surface area contributed by atoms with Gasteiger partial charge in [0.25, 0.3) is 0 Å². The summed E-state index contributed by atoms with van der Waals surface area (Å²) in [5.74, 6) is -1.83. The molecule has 228 valence electrons. The molecule has 42 heavy (non-hydrogen) atoms. The number of benzene rings is 2. The van der Waals surface area contributed by atoms with Gasteiger partial charge in [-0.25, -0.2) is 13.1 Å². The van der Waals surface area contributed by atoms with Crippen molar-refractivity contribution in [3.8, 4) is 0 Å². The molecule has 0 spiro atoms. The zero-order valence-electron chi connectivity index (χ0n) is 23.4. The standard InChI is InChI=1S/C29H38ClN5O6S/c30-23-11-10-21(16-31)22(14-23)17-32-28(38)26-9-5-13-35(26)29(39)25(15-27(37)34-12-4-8-24(34)18-36)33-42(40,41)19-20-6-2-1-3-7-20/h1-3,6-7,10-11,14,24-26,33,36H,4-5,8-9,12-13,15-19,31H2,(H,32,38)/t24-,25+,26-/m0/s1. The number of nitrogens with one attached hydrogen (secondary N) is 2. The monoisotopic (exact) mass is 619 g/mol. The molecule has 0 unspecified atom stereocenters. The summed E-state index contributed by atoms with van der Waals surface area (Å²) in [7, 11) is -4.03. The molecule has 2 aromatic rings. The van der Waals surface area contributed by atoms with Gasteiger partial charge in [-0.3, -0.25) is 14.4 Å². The molecule has 3 amide bonds. The van der Waals surface area contributed by atoms with E-state index in [0.29, 0.717) is 42.8 Å². The number of carbonyl (C=O) groups is 3. The van der Waals surface area contributed by atoms with Crippen molar-refractivity contribution in [1.29, 1.82) is 0 Å². The number of aliphatic hydroxyl groups excluding tert-OH is 1. The first kappa shape index (κ1) is 31.9. The van der Waals surface area contributed by atoms with Crippen LogP contribution in [0.2, 0.25) is 5.02 Å². The van der Waals surface area contributed by atoms with Gasteiger partial charge in [0.2, 0.25) is 27.7 Å². The van der Waals surface area contributed by atoms with Crippen molar-refractivity contribution >= 4 is 39.3 Å². The van der Waals surface area contributed by atoms with E-state index in [0.717, 1.165) is 11.1 Å². The third kappa shape index (κ3) is 8.07. The average molecular weight is 620 g/mol. The normalized spacial score (nSPS) is 19.6. The second-order valence-corrected chi connectivity index (χ2v) is 12.9. The molecule has 13 heteroatoms. The van der Waals surface area contributed by atoms with Crippen LogP contribution in [0.3, 0.4) is 0 Å². The van der Waals surface area contributed by atoms with Crippen molar-refractivity contribution in [2.24, 2.45) is 5.73 Å². The van der Waals surface area contributed by atoms with Crippen molar-refractivity contribution in [2.45, 2.75) is 69.1 Å². The summed E-state index contributed by atoms with van der Waals surface area (Å²) < 4.78 is 28.8. The molecule has 2 fully saturated rings. The second-order valence-electron chi connectivity index (χ2n) is 10.7. The minimum atomic E-state index is -4.03. The molecule has 0 saturated carbocycles. The van der Waals surface area contributed by atoms with Crippen LogP contribution in [-0.2, 0) is 43.2 Å². The van der Waals surface area contributed by atoms with Crippen molar-refractivity contribution < 1.29 is 27.9 Å². The highest BCUT2D eigenvalue weighted by Crippen LogP contribution is 2.23. The van der Waals surface area contributed by atoms with Gasteiger partial charge in [-0.05, 0) is 54.5 Å². The van der Waals surface area contributed by atoms with E-state index in [2.05, 4.69) is 10.0 Å². The van der Waals surface area contributed by atoms with Crippen LogP contribution in [0.15, 0.2) is 48.5 Å². The fourth-order valence-corrected chi connectivity index (χ4v) is 7.17. The molecule has 2 aromatic carbocycles. The van der Waals surface area contributed by atoms with Crippen LogP contribution in [0.1, 0.15) is 48.8 Å². The summed E-state index contributed by atoms with van der Waals surface area (Å²) in [5, 5.41) is 13.1. The molecule has 2 aliphatic rings. The Bertz CT molecular complexity index is 1380. The Hall–Kier alpha value is -3.03. The summed E-state index contributed by atoms with van der Waals surface area (Å²) in [6.45, 7) is 0.884. The van der Waals surface area contributed by atoms with Crippen molar-refractivity contribution in [3.05, 3.63) is 70.2 Å². The van der Waals surface area contributed by atoms with Crippen molar-refractivity contribution in [3.63, 3.8) is 0 Å². The van der Waals surface area contributed by atoms with E-state index in [1.165, 1.54) is 9.80 Å². The van der Waals surface area contributed by atoms with Gasteiger partial charge in [-0.15, -0.1) is 0 Å². The molecular formula is C29H38ClN5O6S. The lowest BCUT2D eigenvalue weighted by Crippen LogP contribution is -2.55. The highest BCUT2D eigenvalue weighted by Gasteiger charge is 2.40. The quantitative estimate of drug-likeness (QED) is 0.278. The molecule has 0 radical (unpaired) electrons. The van der Waals surface area contributed by atoms with Gasteiger partial charge in [0.15, 0.2) is 0 Å². The number of rotatable bonds is 12. The molecular weight excluding hydrogens is 582 g/mol. The third-order valence-corrected chi connectivity index (χ3v) is 9.38. The van der Waals surface area contributed by atoms with E-state index in [1.54, 1.807) is 48.5 Å². The lowest BCUT2D eigenvalue weighted by Gasteiger charge is -2.30. The topological polar surface area (TPSA) is 162 Å². The number of aliphatic hydroxyl groups is 1. The first-order valence-corrected chi connectivity index (χ1v) is 16.1. The summed E-state index contributed by atoms with van der Waals surface area (Å²) in [4.78, 5) is 43.3. The van der Waals surface area contributed by atoms with E-state index in [-0.39, 0.29) is 43.9 Å². The summed E-state index contributed by atoms with van der Waals surface area (Å²) in [6, 6.07) is 11.2. The van der Waals surface area contributed by atoms with Gasteiger partial charge in [0.05, 0.1) is 24.8 Å². The average Bonchev–Trinajstić information content (AvgIpc) is 3.65. The summed E-state index contributed by atoms with van der Waals surface area (Å²) in [5.41, 5.74) is 7.93. The number of hydrogen-bond acceptors (Lipinski definition) is 7. The Labute approximate surface area is 251 Å². The van der Waals surface area contributed by atoms with Gasteiger partial charge in [-0.1, -0.05) is 48.0 Å². The number of halogens is 1. The summed E-state index contributed by atoms with van der Waals surface area (Å²) >= 11 is 6.12. The first-order valence-electron chi connectivity index (χ1n) is 14.1. The van der Waals surface area contributed by atoms with Crippen LogP contribution >= 0.6 is 11.6 Å². The fraction of sp³-hybridized carbons (Fsp3) is 0.483. The lowest BCUT2D eigenvalue weighted by molar-refractivity contribution is -0.142. The minimum Gasteiger partial charge on any atom is -0.394 e. The lowest BCUT2D eigenvalue weighted by atomic mass is 10.1. The maximum atomic E-state index is 13.9. The van der Waals surface area contributed by atoms with E-state index < -0.39 is 40.3 Å². The third-order valence-electron chi connectivity index (χ3n) is 7.79. The largest absolute Gasteiger partial charge is 0.394 e. The minimum absolute atomic E-state index is 0.160. The molecule has 5 N–H and O–H groups in total. The van der Waals surface area contributed by atoms with Crippen LogP contribution in [0.4, 0.5) is 0 Å². The Morgan fingerprint density at radius 1 is 1.02 bits per heavy atom. The SMILES string of the molecule is NCc1ccc(Cl)cc1CNC(=O)[C@@H]1CCCN1C(=O)[C@@H](CC(=O)N1CCC[C@H]1CO)NS(=O)(=O)Cc1ccccc1. The van der Waals surface area contributed by atoms with Crippen LogP contribution in [-0.4, -0.2) is 78.9 Å². The zero-order chi connectivity index (χ0) is 30.3. The van der Waals surface area contributed by atoms with Gasteiger partial charge >= 0.3 is 0 Å². The Kier molecular flexibility index (Phi) is 11.0. The number of hydrogen-bond donors (Lipinski definition) is 4. The molecule has 11 nitrogen and oxygen atoms in total. The first-order chi connectivity index (χ1) is 20.1. The highest BCUT2D eigenvalue weighted by molar-refractivity contribution is 7.88. The predicted octanol–water partition coefficient (Wildman–Crippen LogP) is 1.27. The van der Waals surface area contributed by atoms with Crippen LogP contribution in [0.5, 0.6) is 0 Å². The molecule has 2 saturated heterocycles. The van der Waals surface area contributed by atoms with Gasteiger partial charge in [0.1, 0.15) is 12.1 Å². The number of nitrogens with two attached hydrogens (primary N) is 1. The maximum absolute atomic E-state index is 13.9. The van der Waals surface area contributed by atoms with Crippen LogP contribution in [0.25, 0.3) is 0 Å². The Morgan fingerprint density at radius 2 is 1.74 bits per heavy atom. The maximum Gasteiger partial charge on any atom is 0.243 e. The van der Waals surface area contributed by atoms with E-state index in [1.807, 2.05) is 0 Å².